The number of nitrogens with one attached hydrogen (secondary N) is 3. The summed E-state index contributed by atoms with van der Waals surface area (Å²) >= 11 is 0. The van der Waals surface area contributed by atoms with Gasteiger partial charge in [-0.2, -0.15) is 0 Å². The molecule has 2 amide bonds. The number of carbonyl (C=O) groups excluding carboxylic acids is 3. The number of nitrogens with zero attached hydrogens (tertiary/aromatic N) is 2. The summed E-state index contributed by atoms with van der Waals surface area (Å²) < 4.78 is 5.94. The molecule has 0 aliphatic carbocycles. The SMILES string of the molecule is O=C(NCC(=O)N1CC=C(c2cccc(C(O)(C(=O)OCC3CCN(Cc4ccccc4)CC3)c3ccccc3)c2)CC1)c1ccc(CNCC(O)c2ccc(O)c3[nH]c(=O)ccc23)cc1. The molecule has 2 aliphatic heterocycles. The summed E-state index contributed by atoms with van der Waals surface area (Å²) in [7, 11) is 0. The van der Waals surface area contributed by atoms with Crippen LogP contribution < -0.4 is 16.2 Å². The van der Waals surface area contributed by atoms with Crippen molar-refractivity contribution in [3.8, 4) is 5.75 Å². The van der Waals surface area contributed by atoms with Gasteiger partial charge in [-0.15, -0.1) is 0 Å². The van der Waals surface area contributed by atoms with Crippen LogP contribution in [0.5, 0.6) is 5.75 Å². The van der Waals surface area contributed by atoms with E-state index in [4.69, 9.17) is 4.74 Å². The molecule has 3 heterocycles. The molecule has 0 radical (unpaired) electrons. The molecule has 2 aliphatic rings. The third-order valence-corrected chi connectivity index (χ3v) is 12.7. The van der Waals surface area contributed by atoms with Gasteiger partial charge < -0.3 is 40.6 Å². The Bertz CT molecular complexity index is 2730. The number of aliphatic hydroxyl groups excluding tert-OH is 1. The Morgan fingerprint density at radius 2 is 1.55 bits per heavy atom. The van der Waals surface area contributed by atoms with Crippen LogP contribution in [0, 0.1) is 5.92 Å². The number of carbonyl (C=O) groups is 3. The predicted molar refractivity (Wildman–Crippen MR) is 252 cm³/mol. The Labute approximate surface area is 383 Å². The van der Waals surface area contributed by atoms with E-state index in [1.54, 1.807) is 71.6 Å². The molecule has 0 saturated carbocycles. The summed E-state index contributed by atoms with van der Waals surface area (Å²) in [5.41, 5.74) is 3.63. The molecule has 13 nitrogen and oxygen atoms in total. The third kappa shape index (κ3) is 10.8. The van der Waals surface area contributed by atoms with Crippen LogP contribution in [0.3, 0.4) is 0 Å². The fourth-order valence-corrected chi connectivity index (χ4v) is 8.79. The maximum Gasteiger partial charge on any atom is 0.347 e. The normalized spacial score (nSPS) is 16.0. The van der Waals surface area contributed by atoms with Crippen molar-refractivity contribution in [3.05, 3.63) is 189 Å². The fourth-order valence-electron chi connectivity index (χ4n) is 8.79. The molecule has 1 saturated heterocycles. The van der Waals surface area contributed by atoms with Gasteiger partial charge in [-0.3, -0.25) is 19.3 Å². The van der Waals surface area contributed by atoms with E-state index < -0.39 is 17.7 Å². The van der Waals surface area contributed by atoms with Crippen molar-refractivity contribution in [2.75, 3.05) is 45.9 Å². The number of phenols is 1. The summed E-state index contributed by atoms with van der Waals surface area (Å²) in [5, 5.41) is 39.8. The number of esters is 1. The summed E-state index contributed by atoms with van der Waals surface area (Å²) in [4.78, 5) is 58.7. The van der Waals surface area contributed by atoms with Gasteiger partial charge in [0.05, 0.1) is 24.8 Å². The molecular weight excluding hydrogens is 835 g/mol. The number of benzene rings is 5. The van der Waals surface area contributed by atoms with E-state index in [9.17, 15) is 34.5 Å². The van der Waals surface area contributed by atoms with Crippen LogP contribution in [-0.2, 0) is 33.0 Å². The molecule has 8 rings (SSSR count). The van der Waals surface area contributed by atoms with Gasteiger partial charge in [-0.1, -0.05) is 103 Å². The number of pyridine rings is 1. The smallest absolute Gasteiger partial charge is 0.347 e. The number of amides is 2. The number of aromatic hydroxyl groups is 1. The zero-order chi connectivity index (χ0) is 46.0. The van der Waals surface area contributed by atoms with Crippen molar-refractivity contribution >= 4 is 34.3 Å². The lowest BCUT2D eigenvalue weighted by Gasteiger charge is -2.33. The van der Waals surface area contributed by atoms with Crippen LogP contribution in [0.4, 0.5) is 0 Å². The number of aromatic amines is 1. The van der Waals surface area contributed by atoms with Crippen LogP contribution >= 0.6 is 0 Å². The van der Waals surface area contributed by atoms with E-state index in [1.165, 1.54) is 17.7 Å². The number of rotatable bonds is 16. The predicted octanol–water partition coefficient (Wildman–Crippen LogP) is 5.79. The zero-order valence-corrected chi connectivity index (χ0v) is 36.7. The molecule has 66 heavy (non-hydrogen) atoms. The molecule has 6 aromatic rings. The summed E-state index contributed by atoms with van der Waals surface area (Å²) in [6, 6.07) is 39.5. The quantitative estimate of drug-likeness (QED) is 0.0651. The number of ether oxygens (including phenoxy) is 1. The first kappa shape index (κ1) is 45.7. The number of fused-ring (bicyclic) bond motifs is 1. The van der Waals surface area contributed by atoms with Gasteiger partial charge in [0.1, 0.15) is 5.75 Å². The van der Waals surface area contributed by atoms with E-state index >= 15 is 0 Å². The van der Waals surface area contributed by atoms with E-state index in [1.807, 2.05) is 36.4 Å². The van der Waals surface area contributed by atoms with E-state index in [2.05, 4.69) is 44.8 Å². The molecule has 5 aromatic carbocycles. The van der Waals surface area contributed by atoms with Crippen molar-refractivity contribution in [1.29, 1.82) is 0 Å². The lowest BCUT2D eigenvalue weighted by atomic mass is 9.84. The number of hydrogen-bond donors (Lipinski definition) is 6. The van der Waals surface area contributed by atoms with E-state index in [0.717, 1.165) is 49.2 Å². The minimum atomic E-state index is -2.03. The molecule has 0 spiro atoms. The largest absolute Gasteiger partial charge is 0.506 e. The lowest BCUT2D eigenvalue weighted by Crippen LogP contribution is -2.42. The number of aromatic nitrogens is 1. The van der Waals surface area contributed by atoms with Crippen LogP contribution in [0.2, 0.25) is 0 Å². The second kappa shape index (κ2) is 20.9. The highest BCUT2D eigenvalue weighted by Gasteiger charge is 2.42. The first-order chi connectivity index (χ1) is 32.0. The Hall–Kier alpha value is -6.90. The number of aliphatic hydroxyl groups is 2. The highest BCUT2D eigenvalue weighted by molar-refractivity contribution is 5.96. The molecule has 1 fully saturated rings. The minimum absolute atomic E-state index is 0.0777. The van der Waals surface area contributed by atoms with E-state index in [0.29, 0.717) is 53.7 Å². The van der Waals surface area contributed by atoms with Crippen molar-refractivity contribution < 1.29 is 34.4 Å². The van der Waals surface area contributed by atoms with E-state index in [-0.39, 0.29) is 54.3 Å². The zero-order valence-electron chi connectivity index (χ0n) is 36.7. The average molecular weight is 890 g/mol. The Balaban J connectivity index is 0.816. The molecule has 13 heteroatoms. The summed E-state index contributed by atoms with van der Waals surface area (Å²) in [6.07, 6.45) is 3.40. The fraction of sp³-hybridized carbons (Fsp3) is 0.283. The molecule has 0 bridgehead atoms. The van der Waals surface area contributed by atoms with Gasteiger partial charge in [0.25, 0.3) is 5.91 Å². The van der Waals surface area contributed by atoms with Gasteiger partial charge in [-0.05, 0) is 102 Å². The molecule has 340 valence electrons. The molecule has 1 aromatic heterocycles. The summed E-state index contributed by atoms with van der Waals surface area (Å²) in [5.74, 6) is -1.19. The van der Waals surface area contributed by atoms with Gasteiger partial charge in [0.2, 0.25) is 17.1 Å². The van der Waals surface area contributed by atoms with Crippen molar-refractivity contribution in [2.45, 2.75) is 44.1 Å². The molecule has 6 N–H and O–H groups in total. The third-order valence-electron chi connectivity index (χ3n) is 12.7. The second-order valence-electron chi connectivity index (χ2n) is 17.1. The number of piperidine rings is 1. The van der Waals surface area contributed by atoms with Gasteiger partial charge in [0, 0.05) is 55.3 Å². The van der Waals surface area contributed by atoms with Gasteiger partial charge in [0.15, 0.2) is 0 Å². The second-order valence-corrected chi connectivity index (χ2v) is 17.1. The molecule has 2 atom stereocenters. The van der Waals surface area contributed by atoms with Crippen molar-refractivity contribution in [3.63, 3.8) is 0 Å². The first-order valence-corrected chi connectivity index (χ1v) is 22.4. The number of likely N-dealkylation sites (tertiary alicyclic amines) is 1. The topological polar surface area (TPSA) is 185 Å². The highest BCUT2D eigenvalue weighted by Crippen LogP contribution is 2.35. The number of H-pyrrole nitrogens is 1. The number of hydrogen-bond acceptors (Lipinski definition) is 10. The average Bonchev–Trinajstić information content (AvgIpc) is 3.36. The number of phenolic OH excluding ortho intramolecular Hbond substituents is 1. The minimum Gasteiger partial charge on any atom is -0.506 e. The maximum atomic E-state index is 14.0. The molecule has 2 unspecified atom stereocenters. The van der Waals surface area contributed by atoms with Gasteiger partial charge in [-0.25, -0.2) is 4.79 Å². The lowest BCUT2D eigenvalue weighted by molar-refractivity contribution is -0.164. The van der Waals surface area contributed by atoms with Crippen LogP contribution in [0.15, 0.2) is 144 Å². The van der Waals surface area contributed by atoms with Gasteiger partial charge >= 0.3 is 5.97 Å². The van der Waals surface area contributed by atoms with Crippen LogP contribution in [-0.4, -0.2) is 93.8 Å². The Morgan fingerprint density at radius 1 is 0.818 bits per heavy atom. The maximum absolute atomic E-state index is 14.0. The van der Waals surface area contributed by atoms with Crippen molar-refractivity contribution in [1.82, 2.24) is 25.4 Å². The van der Waals surface area contributed by atoms with Crippen molar-refractivity contribution in [2.24, 2.45) is 5.92 Å². The Kier molecular flexibility index (Phi) is 14.5. The monoisotopic (exact) mass is 889 g/mol. The first-order valence-electron chi connectivity index (χ1n) is 22.4. The van der Waals surface area contributed by atoms with Crippen LogP contribution in [0.25, 0.3) is 16.5 Å². The van der Waals surface area contributed by atoms with Crippen LogP contribution in [0.1, 0.15) is 69.1 Å². The molecular formula is C53H55N5O8. The summed E-state index contributed by atoms with van der Waals surface area (Å²) in [6.45, 7) is 4.16. The standard InChI is InChI=1S/C53H55N5O8/c59-46-20-18-44(45-19-21-48(61)56-50(45)46)47(60)32-54-31-36-14-16-40(17-15-36)51(63)55-33-49(62)58-28-24-39(25-29-58)41-10-7-13-43(30-41)53(65,42-11-5-2-6-12-42)52(64)66-35-38-22-26-57(27-23-38)34-37-8-3-1-4-9-37/h1-21,24,30,38,47,54,59-60,65H,22-23,25-29,31-35H2,(H,55,63)(H,56,61). The highest BCUT2D eigenvalue weighted by atomic mass is 16.5. The Morgan fingerprint density at radius 3 is 2.27 bits per heavy atom.